The van der Waals surface area contributed by atoms with E-state index < -0.39 is 5.41 Å². The lowest BCUT2D eigenvalue weighted by Gasteiger charge is -2.37. The highest BCUT2D eigenvalue weighted by Gasteiger charge is 2.46. The van der Waals surface area contributed by atoms with Gasteiger partial charge in [-0.1, -0.05) is 225 Å². The molecule has 1 spiro atoms. The van der Waals surface area contributed by atoms with Gasteiger partial charge in [0.25, 0.3) is 0 Å². The highest BCUT2D eigenvalue weighted by atomic mass is 32.1. The van der Waals surface area contributed by atoms with Crippen LogP contribution < -0.4 is 4.90 Å². The van der Waals surface area contributed by atoms with Crippen molar-refractivity contribution in [3.63, 3.8) is 0 Å². The Morgan fingerprint density at radius 2 is 0.929 bits per heavy atom. The minimum Gasteiger partial charge on any atom is -0.310 e. The number of hydrogen-bond acceptors (Lipinski definition) is 2. The Balaban J connectivity index is 0.998. The monoisotopic (exact) mass is 909 g/mol. The maximum atomic E-state index is 4.90. The summed E-state index contributed by atoms with van der Waals surface area (Å²) in [5.41, 5.74) is 20.9. The number of fused-ring (bicyclic) bond motifs is 10. The van der Waals surface area contributed by atoms with Gasteiger partial charge in [-0.2, -0.15) is 0 Å². The summed E-state index contributed by atoms with van der Waals surface area (Å²) in [5.74, 6) is 0. The van der Waals surface area contributed by atoms with E-state index in [9.17, 15) is 0 Å². The maximum Gasteiger partial charge on any atom is 0.0543 e. The van der Waals surface area contributed by atoms with Gasteiger partial charge in [-0.15, -0.1) is 11.3 Å². The van der Waals surface area contributed by atoms with Gasteiger partial charge in [0.1, 0.15) is 0 Å². The molecule has 330 valence electrons. The first-order chi connectivity index (χ1) is 34.6. The second-order valence-corrected chi connectivity index (χ2v) is 19.5. The molecular weight excluding hydrogens is 863 g/mol. The van der Waals surface area contributed by atoms with Crippen LogP contribution in [0.3, 0.4) is 0 Å². The molecule has 1 aromatic heterocycles. The van der Waals surface area contributed by atoms with Crippen molar-refractivity contribution in [3.05, 3.63) is 290 Å². The highest BCUT2D eigenvalue weighted by Crippen LogP contribution is 2.58. The number of anilines is 3. The van der Waals surface area contributed by atoms with E-state index in [1.165, 1.54) is 92.5 Å². The van der Waals surface area contributed by atoms with E-state index in [2.05, 4.69) is 266 Å². The summed E-state index contributed by atoms with van der Waals surface area (Å²) < 4.78 is 2.63. The summed E-state index contributed by atoms with van der Waals surface area (Å²) in [6.45, 7) is 4.90. The highest BCUT2D eigenvalue weighted by molar-refractivity contribution is 7.26. The van der Waals surface area contributed by atoms with Gasteiger partial charge in [0.05, 0.1) is 11.1 Å². The lowest BCUT2D eigenvalue weighted by Crippen LogP contribution is -2.28. The van der Waals surface area contributed by atoms with E-state index >= 15 is 0 Å². The Labute approximate surface area is 413 Å². The van der Waals surface area contributed by atoms with Crippen LogP contribution in [0.2, 0.25) is 0 Å². The molecule has 10 aromatic carbocycles. The van der Waals surface area contributed by atoms with Crippen molar-refractivity contribution >= 4 is 54.1 Å². The molecule has 1 unspecified atom stereocenters. The summed E-state index contributed by atoms with van der Waals surface area (Å²) in [6, 6.07) is 87.2. The van der Waals surface area contributed by atoms with Crippen molar-refractivity contribution in [2.75, 3.05) is 4.90 Å². The standard InChI is InChI=1S/C68H47NS/c1-46-17-5-4-14-44-68(61-26-12-10-22-57(61)58-43-38-53(45-63(58)68)48-20-8-3-9-21-48)62-27-16-28-64(66(46)62)69(54-39-34-51(35-40-54)50-32-30-49(31-33-50)47-18-6-2-7-19-47)55-41-36-52(37-42-55)56-24-15-25-60-59-23-11-13-29-65(59)70-67(56)60/h2-43,45H,1,44H2/b14-4-,17-5-. The van der Waals surface area contributed by atoms with Crippen LogP contribution in [0.5, 0.6) is 0 Å². The minimum atomic E-state index is -0.498. The van der Waals surface area contributed by atoms with Crippen molar-refractivity contribution in [2.24, 2.45) is 0 Å². The van der Waals surface area contributed by atoms with Crippen LogP contribution in [0.1, 0.15) is 28.7 Å². The first-order valence-corrected chi connectivity index (χ1v) is 25.0. The molecule has 1 atom stereocenters. The van der Waals surface area contributed by atoms with Gasteiger partial charge in [-0.3, -0.25) is 0 Å². The largest absolute Gasteiger partial charge is 0.310 e. The average molecular weight is 910 g/mol. The van der Waals surface area contributed by atoms with Crippen LogP contribution in [0.4, 0.5) is 17.1 Å². The molecule has 0 saturated carbocycles. The van der Waals surface area contributed by atoms with Crippen LogP contribution in [-0.2, 0) is 5.41 Å². The molecule has 0 saturated heterocycles. The van der Waals surface area contributed by atoms with Crippen molar-refractivity contribution in [1.29, 1.82) is 0 Å². The Hall–Kier alpha value is -8.56. The Kier molecular flexibility index (Phi) is 10.2. The summed E-state index contributed by atoms with van der Waals surface area (Å²) in [6.07, 6.45) is 9.70. The van der Waals surface area contributed by atoms with E-state index in [-0.39, 0.29) is 0 Å². The number of benzene rings is 10. The molecular formula is C68H47NS. The molecule has 1 nitrogen and oxygen atoms in total. The molecule has 11 aromatic rings. The van der Waals surface area contributed by atoms with E-state index in [1.807, 2.05) is 11.3 Å². The van der Waals surface area contributed by atoms with Gasteiger partial charge >= 0.3 is 0 Å². The molecule has 0 N–H and O–H groups in total. The number of rotatable bonds is 7. The van der Waals surface area contributed by atoms with Crippen LogP contribution >= 0.6 is 11.3 Å². The van der Waals surface area contributed by atoms with Crippen molar-refractivity contribution in [1.82, 2.24) is 0 Å². The average Bonchev–Trinajstić information content (AvgIpc) is 3.97. The normalized spacial score (nSPS) is 15.7. The van der Waals surface area contributed by atoms with E-state index in [4.69, 9.17) is 6.58 Å². The lowest BCUT2D eigenvalue weighted by atomic mass is 9.67. The van der Waals surface area contributed by atoms with Gasteiger partial charge in [-0.25, -0.2) is 0 Å². The fourth-order valence-electron chi connectivity index (χ4n) is 11.3. The van der Waals surface area contributed by atoms with Gasteiger partial charge in [-0.05, 0) is 127 Å². The molecule has 0 aliphatic heterocycles. The third-order valence-electron chi connectivity index (χ3n) is 14.6. The summed E-state index contributed by atoms with van der Waals surface area (Å²) >= 11 is 1.87. The van der Waals surface area contributed by atoms with Gasteiger partial charge in [0.2, 0.25) is 0 Å². The first-order valence-electron chi connectivity index (χ1n) is 24.1. The summed E-state index contributed by atoms with van der Waals surface area (Å²) in [5, 5.41) is 2.61. The molecule has 1 heterocycles. The molecule has 2 aliphatic rings. The Morgan fingerprint density at radius 1 is 0.400 bits per heavy atom. The van der Waals surface area contributed by atoms with Gasteiger partial charge in [0.15, 0.2) is 0 Å². The quantitative estimate of drug-likeness (QED) is 0.154. The number of nitrogens with zero attached hydrogens (tertiary/aromatic N) is 1. The zero-order valence-electron chi connectivity index (χ0n) is 38.6. The van der Waals surface area contributed by atoms with Crippen molar-refractivity contribution in [2.45, 2.75) is 11.8 Å². The van der Waals surface area contributed by atoms with Crippen LogP contribution in [0.15, 0.2) is 267 Å². The molecule has 2 aliphatic carbocycles. The molecule has 13 rings (SSSR count). The molecule has 0 fully saturated rings. The smallest absolute Gasteiger partial charge is 0.0543 e. The number of hydrogen-bond donors (Lipinski definition) is 0. The predicted molar refractivity (Wildman–Crippen MR) is 299 cm³/mol. The fraction of sp³-hybridized carbons (Fsp3) is 0.0294. The molecule has 70 heavy (non-hydrogen) atoms. The van der Waals surface area contributed by atoms with Gasteiger partial charge in [0, 0.05) is 37.1 Å². The topological polar surface area (TPSA) is 3.24 Å². The molecule has 0 bridgehead atoms. The summed E-state index contributed by atoms with van der Waals surface area (Å²) in [7, 11) is 0. The first kappa shape index (κ1) is 41.6. The lowest BCUT2D eigenvalue weighted by molar-refractivity contribution is 0.644. The number of thiophene rings is 1. The van der Waals surface area contributed by atoms with E-state index in [0.717, 1.165) is 34.6 Å². The SMILES string of the molecule is C=C1/C=C\C=C/CC2(c3ccccc3-c3ccc(-c4ccccc4)cc32)c2cccc(N(c3ccc(-c4ccc(-c5ccccc5)cc4)cc3)c3ccc(-c4cccc5c4sc4ccccc45)cc3)c21. The third-order valence-corrected chi connectivity index (χ3v) is 15.8. The molecule has 2 heteroatoms. The second-order valence-electron chi connectivity index (χ2n) is 18.4. The number of allylic oxidation sites excluding steroid dienone is 5. The van der Waals surface area contributed by atoms with Crippen LogP contribution in [0, 0.1) is 0 Å². The third kappa shape index (κ3) is 6.91. The predicted octanol–water partition coefficient (Wildman–Crippen LogP) is 19.0. The Morgan fingerprint density at radius 3 is 1.66 bits per heavy atom. The Bertz CT molecular complexity index is 3840. The van der Waals surface area contributed by atoms with Crippen LogP contribution in [-0.4, -0.2) is 0 Å². The van der Waals surface area contributed by atoms with Crippen LogP contribution in [0.25, 0.3) is 81.4 Å². The van der Waals surface area contributed by atoms with E-state index in [1.54, 1.807) is 0 Å². The fourth-order valence-corrected chi connectivity index (χ4v) is 12.5. The molecule has 0 amide bonds. The van der Waals surface area contributed by atoms with E-state index in [0.29, 0.717) is 0 Å². The van der Waals surface area contributed by atoms with Gasteiger partial charge < -0.3 is 4.90 Å². The molecule has 0 radical (unpaired) electrons. The van der Waals surface area contributed by atoms with Crippen molar-refractivity contribution in [3.8, 4) is 55.6 Å². The zero-order chi connectivity index (χ0) is 46.6. The second kappa shape index (κ2) is 17.2. The zero-order valence-corrected chi connectivity index (χ0v) is 39.4. The minimum absolute atomic E-state index is 0.498. The maximum absolute atomic E-state index is 4.90. The van der Waals surface area contributed by atoms with Crippen molar-refractivity contribution < 1.29 is 0 Å². The summed E-state index contributed by atoms with van der Waals surface area (Å²) in [4.78, 5) is 2.45.